The standard InChI is InChI=1S/C26H35NO5/c1-26(2,3)32-25(30)27(19-17-24(28)29)18-7-11-22-13-15-23(16-14-22)31-20-8-12-21-9-5-4-6-10-21/h4-6,9-10,13-16H,7-8,11-12,17-20H2,1-3H3,(H,28,29). The van der Waals surface area contributed by atoms with Crippen molar-refractivity contribution >= 4 is 12.1 Å². The van der Waals surface area contributed by atoms with Crippen LogP contribution in [-0.2, 0) is 22.4 Å². The molecular formula is C26H35NO5. The Morgan fingerprint density at radius 3 is 2.12 bits per heavy atom. The molecule has 0 atom stereocenters. The number of aliphatic carboxylic acids is 1. The molecule has 2 rings (SSSR count). The summed E-state index contributed by atoms with van der Waals surface area (Å²) in [5, 5.41) is 8.95. The second-order valence-corrected chi connectivity index (χ2v) is 8.80. The minimum atomic E-state index is -0.932. The molecule has 0 aliphatic carbocycles. The summed E-state index contributed by atoms with van der Waals surface area (Å²) in [7, 11) is 0. The smallest absolute Gasteiger partial charge is 0.410 e. The summed E-state index contributed by atoms with van der Waals surface area (Å²) in [6, 6.07) is 18.4. The van der Waals surface area contributed by atoms with Crippen LogP contribution < -0.4 is 4.74 Å². The predicted octanol–water partition coefficient (Wildman–Crippen LogP) is 5.34. The Labute approximate surface area is 191 Å². The van der Waals surface area contributed by atoms with E-state index in [9.17, 15) is 9.59 Å². The minimum Gasteiger partial charge on any atom is -0.494 e. The van der Waals surface area contributed by atoms with Gasteiger partial charge in [0, 0.05) is 13.1 Å². The van der Waals surface area contributed by atoms with Gasteiger partial charge in [0.1, 0.15) is 11.4 Å². The molecule has 0 radical (unpaired) electrons. The first kappa shape index (κ1) is 25.2. The maximum absolute atomic E-state index is 12.4. The Bertz CT molecular complexity index is 828. The van der Waals surface area contributed by atoms with Gasteiger partial charge in [0.15, 0.2) is 0 Å². The van der Waals surface area contributed by atoms with Gasteiger partial charge in [-0.05, 0) is 69.7 Å². The molecule has 0 spiro atoms. The number of hydrogen-bond donors (Lipinski definition) is 1. The number of aryl methyl sites for hydroxylation is 2. The zero-order chi connectivity index (χ0) is 23.4. The van der Waals surface area contributed by atoms with Crippen molar-refractivity contribution in [3.8, 4) is 5.75 Å². The maximum Gasteiger partial charge on any atom is 0.410 e. The number of carboxylic acids is 1. The average molecular weight is 442 g/mol. The normalized spacial score (nSPS) is 11.1. The van der Waals surface area contributed by atoms with Crippen LogP contribution in [0.3, 0.4) is 0 Å². The third-order valence-corrected chi connectivity index (χ3v) is 4.79. The van der Waals surface area contributed by atoms with Crippen LogP contribution in [0.4, 0.5) is 4.79 Å². The Morgan fingerprint density at radius 1 is 0.875 bits per heavy atom. The molecule has 0 aliphatic rings. The highest BCUT2D eigenvalue weighted by molar-refractivity contribution is 5.70. The lowest BCUT2D eigenvalue weighted by Crippen LogP contribution is -2.38. The second-order valence-electron chi connectivity index (χ2n) is 8.80. The monoisotopic (exact) mass is 441 g/mol. The van der Waals surface area contributed by atoms with Gasteiger partial charge in [0.25, 0.3) is 0 Å². The molecule has 0 saturated carbocycles. The summed E-state index contributed by atoms with van der Waals surface area (Å²) < 4.78 is 11.2. The van der Waals surface area contributed by atoms with Crippen LogP contribution in [-0.4, -0.2) is 47.4 Å². The number of benzene rings is 2. The zero-order valence-corrected chi connectivity index (χ0v) is 19.4. The fourth-order valence-corrected chi connectivity index (χ4v) is 3.19. The van der Waals surface area contributed by atoms with Crippen molar-refractivity contribution in [1.82, 2.24) is 4.90 Å². The minimum absolute atomic E-state index is 0.102. The van der Waals surface area contributed by atoms with Crippen molar-refractivity contribution in [3.05, 3.63) is 65.7 Å². The van der Waals surface area contributed by atoms with E-state index in [1.54, 1.807) is 20.8 Å². The summed E-state index contributed by atoms with van der Waals surface area (Å²) in [6.07, 6.45) is 2.88. The molecule has 0 aromatic heterocycles. The van der Waals surface area contributed by atoms with Crippen LogP contribution in [0, 0.1) is 0 Å². The highest BCUT2D eigenvalue weighted by Crippen LogP contribution is 2.15. The third-order valence-electron chi connectivity index (χ3n) is 4.79. The van der Waals surface area contributed by atoms with Gasteiger partial charge in [-0.3, -0.25) is 4.79 Å². The Hall–Kier alpha value is -3.02. The lowest BCUT2D eigenvalue weighted by molar-refractivity contribution is -0.137. The topological polar surface area (TPSA) is 76.1 Å². The summed E-state index contributed by atoms with van der Waals surface area (Å²) >= 11 is 0. The molecule has 0 aliphatic heterocycles. The third kappa shape index (κ3) is 10.3. The molecule has 0 heterocycles. The molecule has 32 heavy (non-hydrogen) atoms. The van der Waals surface area contributed by atoms with Gasteiger partial charge >= 0.3 is 12.1 Å². The van der Waals surface area contributed by atoms with Gasteiger partial charge in [0.2, 0.25) is 0 Å². The number of carbonyl (C=O) groups excluding carboxylic acids is 1. The molecule has 2 aromatic rings. The number of hydrogen-bond acceptors (Lipinski definition) is 4. The van der Waals surface area contributed by atoms with Gasteiger partial charge in [-0.15, -0.1) is 0 Å². The van der Waals surface area contributed by atoms with E-state index in [1.807, 2.05) is 42.5 Å². The average Bonchev–Trinajstić information content (AvgIpc) is 2.74. The maximum atomic E-state index is 12.4. The van der Waals surface area contributed by atoms with E-state index in [4.69, 9.17) is 14.6 Å². The SMILES string of the molecule is CC(C)(C)OC(=O)N(CCCc1ccc(OCCCc2ccccc2)cc1)CCC(=O)O. The van der Waals surface area contributed by atoms with Crippen LogP contribution in [0.1, 0.15) is 51.2 Å². The van der Waals surface area contributed by atoms with Gasteiger partial charge < -0.3 is 19.5 Å². The first-order valence-corrected chi connectivity index (χ1v) is 11.2. The van der Waals surface area contributed by atoms with E-state index < -0.39 is 17.7 Å². The Balaban J connectivity index is 1.75. The summed E-state index contributed by atoms with van der Waals surface area (Å²) in [4.78, 5) is 24.8. The molecule has 1 amide bonds. The molecule has 0 bridgehead atoms. The zero-order valence-electron chi connectivity index (χ0n) is 19.4. The van der Waals surface area contributed by atoms with Crippen LogP contribution in [0.5, 0.6) is 5.75 Å². The number of carbonyl (C=O) groups is 2. The van der Waals surface area contributed by atoms with Crippen molar-refractivity contribution in [2.75, 3.05) is 19.7 Å². The van der Waals surface area contributed by atoms with Crippen molar-refractivity contribution < 1.29 is 24.2 Å². The molecule has 6 nitrogen and oxygen atoms in total. The van der Waals surface area contributed by atoms with Crippen LogP contribution in [0.2, 0.25) is 0 Å². The molecule has 2 aromatic carbocycles. The first-order chi connectivity index (χ1) is 15.2. The number of rotatable bonds is 12. The van der Waals surface area contributed by atoms with Gasteiger partial charge in [0.05, 0.1) is 13.0 Å². The Morgan fingerprint density at radius 2 is 1.50 bits per heavy atom. The van der Waals surface area contributed by atoms with Gasteiger partial charge in [-0.1, -0.05) is 42.5 Å². The number of nitrogens with zero attached hydrogens (tertiary/aromatic N) is 1. The Kier molecular flexibility index (Phi) is 10.1. The summed E-state index contributed by atoms with van der Waals surface area (Å²) in [6.45, 7) is 6.64. The molecule has 174 valence electrons. The summed E-state index contributed by atoms with van der Waals surface area (Å²) in [5.74, 6) is -0.0865. The number of carboxylic acid groups (broad SMARTS) is 1. The fourth-order valence-electron chi connectivity index (χ4n) is 3.19. The molecule has 0 saturated heterocycles. The van der Waals surface area contributed by atoms with Crippen molar-refractivity contribution in [3.63, 3.8) is 0 Å². The van der Waals surface area contributed by atoms with E-state index in [-0.39, 0.29) is 13.0 Å². The largest absolute Gasteiger partial charge is 0.494 e. The first-order valence-electron chi connectivity index (χ1n) is 11.2. The number of ether oxygens (including phenoxy) is 2. The molecule has 1 N–H and O–H groups in total. The molecule has 0 unspecified atom stereocenters. The lowest BCUT2D eigenvalue weighted by Gasteiger charge is -2.27. The fraction of sp³-hybridized carbons (Fsp3) is 0.462. The van der Waals surface area contributed by atoms with Gasteiger partial charge in [-0.25, -0.2) is 4.79 Å². The van der Waals surface area contributed by atoms with Crippen molar-refractivity contribution in [2.45, 2.75) is 58.5 Å². The molecule has 0 fully saturated rings. The number of amides is 1. The second kappa shape index (κ2) is 12.7. The highest BCUT2D eigenvalue weighted by atomic mass is 16.6. The van der Waals surface area contributed by atoms with Crippen molar-refractivity contribution in [1.29, 1.82) is 0 Å². The quantitative estimate of drug-likeness (QED) is 0.450. The van der Waals surface area contributed by atoms with Crippen LogP contribution >= 0.6 is 0 Å². The highest BCUT2D eigenvalue weighted by Gasteiger charge is 2.22. The van der Waals surface area contributed by atoms with E-state index in [0.717, 1.165) is 37.0 Å². The van der Waals surface area contributed by atoms with Crippen LogP contribution in [0.25, 0.3) is 0 Å². The van der Waals surface area contributed by atoms with E-state index in [1.165, 1.54) is 10.5 Å². The van der Waals surface area contributed by atoms with E-state index in [2.05, 4.69) is 12.1 Å². The summed E-state index contributed by atoms with van der Waals surface area (Å²) in [5.41, 5.74) is 1.84. The van der Waals surface area contributed by atoms with Crippen molar-refractivity contribution in [2.24, 2.45) is 0 Å². The lowest BCUT2D eigenvalue weighted by atomic mass is 10.1. The molecule has 6 heteroatoms. The van der Waals surface area contributed by atoms with Crippen LogP contribution in [0.15, 0.2) is 54.6 Å². The van der Waals surface area contributed by atoms with Gasteiger partial charge in [-0.2, -0.15) is 0 Å². The molecular weight excluding hydrogens is 406 g/mol. The predicted molar refractivity (Wildman–Crippen MR) is 125 cm³/mol. The van der Waals surface area contributed by atoms with E-state index >= 15 is 0 Å². The van der Waals surface area contributed by atoms with E-state index in [0.29, 0.717) is 13.2 Å².